The summed E-state index contributed by atoms with van der Waals surface area (Å²) in [6, 6.07) is 1.98. The zero-order valence-corrected chi connectivity index (χ0v) is 8.93. The number of nitrogens with zero attached hydrogens (tertiary/aromatic N) is 4. The van der Waals surface area contributed by atoms with E-state index in [4.69, 9.17) is 0 Å². The lowest BCUT2D eigenvalue weighted by Crippen LogP contribution is -2.44. The van der Waals surface area contributed by atoms with Crippen molar-refractivity contribution in [3.63, 3.8) is 0 Å². The standard InChI is InChI=1S/C11H13N5/c1-2-13-7-10-9(1)11(15-8-14-10)16-5-3-12-4-6-16/h1-2,7-8,12H,3-6H2. The number of hydrogen-bond donors (Lipinski definition) is 1. The molecule has 5 heteroatoms. The second kappa shape index (κ2) is 4.02. The molecule has 1 fully saturated rings. The Balaban J connectivity index is 2.08. The van der Waals surface area contributed by atoms with E-state index in [0.717, 1.165) is 42.9 Å². The van der Waals surface area contributed by atoms with Gasteiger partial charge in [0.15, 0.2) is 0 Å². The summed E-state index contributed by atoms with van der Waals surface area (Å²) in [6.07, 6.45) is 5.18. The quantitative estimate of drug-likeness (QED) is 0.748. The fourth-order valence-electron chi connectivity index (χ4n) is 2.02. The van der Waals surface area contributed by atoms with Crippen LogP contribution in [0.5, 0.6) is 0 Å². The molecule has 0 spiro atoms. The van der Waals surface area contributed by atoms with Gasteiger partial charge in [0.2, 0.25) is 0 Å². The van der Waals surface area contributed by atoms with Crippen molar-refractivity contribution < 1.29 is 0 Å². The van der Waals surface area contributed by atoms with Crippen LogP contribution in [0.4, 0.5) is 5.82 Å². The van der Waals surface area contributed by atoms with Gasteiger partial charge in [0.25, 0.3) is 0 Å². The van der Waals surface area contributed by atoms with E-state index in [1.807, 2.05) is 6.07 Å². The molecule has 2 aromatic rings. The van der Waals surface area contributed by atoms with Crippen LogP contribution in [0.1, 0.15) is 0 Å². The van der Waals surface area contributed by atoms with Gasteiger partial charge in [-0.25, -0.2) is 9.97 Å². The Morgan fingerprint density at radius 2 is 2.06 bits per heavy atom. The average molecular weight is 215 g/mol. The van der Waals surface area contributed by atoms with E-state index in [1.165, 1.54) is 0 Å². The van der Waals surface area contributed by atoms with Crippen LogP contribution in [0, 0.1) is 0 Å². The minimum atomic E-state index is 0.908. The summed E-state index contributed by atoms with van der Waals surface area (Å²) >= 11 is 0. The lowest BCUT2D eigenvalue weighted by atomic mass is 10.2. The number of hydrogen-bond acceptors (Lipinski definition) is 5. The normalized spacial score (nSPS) is 16.6. The predicted octanol–water partition coefficient (Wildman–Crippen LogP) is 0.434. The van der Waals surface area contributed by atoms with E-state index in [2.05, 4.69) is 25.2 Å². The minimum Gasteiger partial charge on any atom is -0.353 e. The van der Waals surface area contributed by atoms with Gasteiger partial charge in [0.1, 0.15) is 12.1 Å². The predicted molar refractivity (Wildman–Crippen MR) is 62.4 cm³/mol. The molecule has 0 atom stereocenters. The first-order valence-corrected chi connectivity index (χ1v) is 5.45. The Morgan fingerprint density at radius 3 is 2.94 bits per heavy atom. The smallest absolute Gasteiger partial charge is 0.140 e. The topological polar surface area (TPSA) is 53.9 Å². The molecule has 1 saturated heterocycles. The summed E-state index contributed by atoms with van der Waals surface area (Å²) in [5.41, 5.74) is 0.908. The Hall–Kier alpha value is -1.75. The van der Waals surface area contributed by atoms with Gasteiger partial charge in [-0.05, 0) is 6.07 Å². The molecule has 0 aromatic carbocycles. The largest absolute Gasteiger partial charge is 0.353 e. The SMILES string of the molecule is c1cc2c(N3CCNCC3)ncnc2cn1. The first-order valence-electron chi connectivity index (χ1n) is 5.45. The van der Waals surface area contributed by atoms with Crippen LogP contribution >= 0.6 is 0 Å². The lowest BCUT2D eigenvalue weighted by molar-refractivity contribution is 0.586. The minimum absolute atomic E-state index is 0.908. The molecule has 82 valence electrons. The van der Waals surface area contributed by atoms with Crippen LogP contribution in [0.2, 0.25) is 0 Å². The van der Waals surface area contributed by atoms with Crippen molar-refractivity contribution in [3.05, 3.63) is 24.8 Å². The second-order valence-electron chi connectivity index (χ2n) is 3.83. The number of anilines is 1. The number of fused-ring (bicyclic) bond motifs is 1. The van der Waals surface area contributed by atoms with Crippen molar-refractivity contribution in [1.82, 2.24) is 20.3 Å². The fraction of sp³-hybridized carbons (Fsp3) is 0.364. The third-order valence-corrected chi connectivity index (χ3v) is 2.83. The van der Waals surface area contributed by atoms with E-state index in [9.17, 15) is 0 Å². The van der Waals surface area contributed by atoms with Crippen LogP contribution in [0.15, 0.2) is 24.8 Å². The monoisotopic (exact) mass is 215 g/mol. The Bertz CT molecular complexity index is 487. The Labute approximate surface area is 93.5 Å². The molecular formula is C11H13N5. The Morgan fingerprint density at radius 1 is 1.19 bits per heavy atom. The maximum Gasteiger partial charge on any atom is 0.140 e. The highest BCUT2D eigenvalue weighted by Gasteiger charge is 2.14. The lowest BCUT2D eigenvalue weighted by Gasteiger charge is -2.28. The van der Waals surface area contributed by atoms with Crippen molar-refractivity contribution in [2.45, 2.75) is 0 Å². The molecule has 1 aliphatic rings. The molecule has 1 aliphatic heterocycles. The van der Waals surface area contributed by atoms with E-state index in [0.29, 0.717) is 0 Å². The van der Waals surface area contributed by atoms with Gasteiger partial charge in [-0.1, -0.05) is 0 Å². The molecule has 0 bridgehead atoms. The first-order chi connectivity index (χ1) is 7.95. The maximum atomic E-state index is 4.39. The van der Waals surface area contributed by atoms with Gasteiger partial charge >= 0.3 is 0 Å². The van der Waals surface area contributed by atoms with Crippen LogP contribution in [-0.2, 0) is 0 Å². The fourth-order valence-corrected chi connectivity index (χ4v) is 2.02. The molecule has 1 N–H and O–H groups in total. The van der Waals surface area contributed by atoms with E-state index < -0.39 is 0 Å². The number of aromatic nitrogens is 3. The van der Waals surface area contributed by atoms with Gasteiger partial charge in [-0.15, -0.1) is 0 Å². The zero-order valence-electron chi connectivity index (χ0n) is 8.93. The van der Waals surface area contributed by atoms with Crippen LogP contribution in [-0.4, -0.2) is 41.1 Å². The van der Waals surface area contributed by atoms with Crippen molar-refractivity contribution in [1.29, 1.82) is 0 Å². The third-order valence-electron chi connectivity index (χ3n) is 2.83. The number of pyridine rings is 1. The summed E-state index contributed by atoms with van der Waals surface area (Å²) in [7, 11) is 0. The zero-order chi connectivity index (χ0) is 10.8. The van der Waals surface area contributed by atoms with Crippen molar-refractivity contribution in [3.8, 4) is 0 Å². The molecule has 5 nitrogen and oxygen atoms in total. The van der Waals surface area contributed by atoms with Crippen LogP contribution < -0.4 is 10.2 Å². The van der Waals surface area contributed by atoms with Crippen molar-refractivity contribution in [2.24, 2.45) is 0 Å². The van der Waals surface area contributed by atoms with E-state index in [1.54, 1.807) is 18.7 Å². The highest BCUT2D eigenvalue weighted by atomic mass is 15.2. The number of nitrogens with one attached hydrogen (secondary N) is 1. The number of piperazine rings is 1. The van der Waals surface area contributed by atoms with Crippen LogP contribution in [0.3, 0.4) is 0 Å². The summed E-state index contributed by atoms with van der Waals surface area (Å²) in [5, 5.41) is 4.42. The van der Waals surface area contributed by atoms with E-state index in [-0.39, 0.29) is 0 Å². The van der Waals surface area contributed by atoms with Crippen molar-refractivity contribution >= 4 is 16.7 Å². The van der Waals surface area contributed by atoms with Gasteiger partial charge < -0.3 is 10.2 Å². The molecule has 0 aliphatic carbocycles. The Kier molecular flexibility index (Phi) is 2.38. The molecule has 3 heterocycles. The molecule has 16 heavy (non-hydrogen) atoms. The molecule has 2 aromatic heterocycles. The molecule has 0 saturated carbocycles. The van der Waals surface area contributed by atoms with Gasteiger partial charge in [-0.2, -0.15) is 0 Å². The van der Waals surface area contributed by atoms with Gasteiger partial charge in [0, 0.05) is 37.8 Å². The maximum absolute atomic E-state index is 4.39. The average Bonchev–Trinajstić information content (AvgIpc) is 2.39. The molecule has 0 radical (unpaired) electrons. The molecule has 0 unspecified atom stereocenters. The molecule has 3 rings (SSSR count). The van der Waals surface area contributed by atoms with E-state index >= 15 is 0 Å². The van der Waals surface area contributed by atoms with Gasteiger partial charge in [0.05, 0.1) is 11.7 Å². The summed E-state index contributed by atoms with van der Waals surface area (Å²) in [4.78, 5) is 15.0. The summed E-state index contributed by atoms with van der Waals surface area (Å²) < 4.78 is 0. The third kappa shape index (κ3) is 1.59. The summed E-state index contributed by atoms with van der Waals surface area (Å²) in [5.74, 6) is 1.02. The summed E-state index contributed by atoms with van der Waals surface area (Å²) in [6.45, 7) is 4.01. The number of rotatable bonds is 1. The highest BCUT2D eigenvalue weighted by molar-refractivity contribution is 5.88. The second-order valence-corrected chi connectivity index (χ2v) is 3.83. The highest BCUT2D eigenvalue weighted by Crippen LogP contribution is 2.21. The van der Waals surface area contributed by atoms with Gasteiger partial charge in [-0.3, -0.25) is 4.98 Å². The van der Waals surface area contributed by atoms with Crippen LogP contribution in [0.25, 0.3) is 10.9 Å². The molecular weight excluding hydrogens is 202 g/mol. The van der Waals surface area contributed by atoms with Crippen molar-refractivity contribution in [2.75, 3.05) is 31.1 Å². The molecule has 0 amide bonds. The first kappa shape index (κ1) is 9.47.